The van der Waals surface area contributed by atoms with Crippen LogP contribution in [0.5, 0.6) is 0 Å². The number of hydrogen-bond acceptors (Lipinski definition) is 6. The van der Waals surface area contributed by atoms with Gasteiger partial charge in [0.25, 0.3) is 0 Å². The van der Waals surface area contributed by atoms with Crippen LogP contribution < -0.4 is 11.2 Å². The molecule has 0 amide bonds. The molecule has 17 heavy (non-hydrogen) atoms. The van der Waals surface area contributed by atoms with Gasteiger partial charge in [-0.25, -0.2) is 14.7 Å². The summed E-state index contributed by atoms with van der Waals surface area (Å²) in [6.45, 7) is -0.141. The number of rotatable bonds is 3. The molecule has 8 heteroatoms. The monoisotopic (exact) mass is 245 g/mol. The van der Waals surface area contributed by atoms with Gasteiger partial charge >= 0.3 is 5.69 Å². The number of ether oxygens (including phenoxy) is 1. The average molecular weight is 245 g/mol. The van der Waals surface area contributed by atoms with Crippen molar-refractivity contribution in [1.29, 1.82) is 0 Å². The molecule has 1 aromatic heterocycles. The Labute approximate surface area is 95.4 Å². The molecule has 7 nitrogen and oxygen atoms in total. The molecule has 2 heterocycles. The first-order valence-electron chi connectivity index (χ1n) is 5.10. The fraction of sp³-hybridized carbons (Fsp3) is 0.556. The maximum atomic E-state index is 13.3. The van der Waals surface area contributed by atoms with Crippen molar-refractivity contribution < 1.29 is 19.4 Å². The summed E-state index contributed by atoms with van der Waals surface area (Å²) in [7, 11) is 0. The first-order chi connectivity index (χ1) is 8.15. The summed E-state index contributed by atoms with van der Waals surface area (Å²) < 4.78 is 19.6. The van der Waals surface area contributed by atoms with Gasteiger partial charge < -0.3 is 9.84 Å². The molecule has 0 saturated carbocycles. The van der Waals surface area contributed by atoms with Crippen molar-refractivity contribution in [3.63, 3.8) is 0 Å². The lowest BCUT2D eigenvalue weighted by atomic mass is 10.2. The highest BCUT2D eigenvalue weighted by atomic mass is 19.1. The summed E-state index contributed by atoms with van der Waals surface area (Å²) in [5.41, 5.74) is 0.764. The van der Waals surface area contributed by atoms with E-state index in [0.717, 1.165) is 10.8 Å². The third-order valence-electron chi connectivity index (χ3n) is 2.61. The van der Waals surface area contributed by atoms with E-state index in [1.807, 2.05) is 0 Å². The van der Waals surface area contributed by atoms with Gasteiger partial charge in [0.1, 0.15) is 6.23 Å². The molecule has 0 aliphatic carbocycles. The van der Waals surface area contributed by atoms with Crippen molar-refractivity contribution in [3.8, 4) is 0 Å². The molecule has 2 rings (SSSR count). The van der Waals surface area contributed by atoms with Crippen LogP contribution in [-0.2, 0) is 4.74 Å². The molecule has 0 spiro atoms. The highest BCUT2D eigenvalue weighted by molar-refractivity contribution is 5.30. The van der Waals surface area contributed by atoms with Crippen molar-refractivity contribution in [1.82, 2.24) is 9.55 Å². The van der Waals surface area contributed by atoms with Gasteiger partial charge in [-0.05, 0) is 12.8 Å². The van der Waals surface area contributed by atoms with Crippen molar-refractivity contribution in [2.75, 3.05) is 12.1 Å². The Balaban J connectivity index is 2.28. The fourth-order valence-corrected chi connectivity index (χ4v) is 1.76. The van der Waals surface area contributed by atoms with Gasteiger partial charge in [-0.3, -0.25) is 9.77 Å². The smallest absolute Gasteiger partial charge is 0.351 e. The molecule has 0 aromatic carbocycles. The van der Waals surface area contributed by atoms with E-state index in [-0.39, 0.29) is 12.7 Å². The predicted octanol–water partition coefficient (Wildman–Crippen LogP) is -0.147. The third kappa shape index (κ3) is 2.28. The van der Waals surface area contributed by atoms with Crippen LogP contribution in [0.1, 0.15) is 19.1 Å². The zero-order chi connectivity index (χ0) is 12.4. The SMILES string of the molecule is O=c1nc(NO)c(F)cn1[C@H]1CC[C@@H](CO)O1. The Hall–Kier alpha value is -1.51. The van der Waals surface area contributed by atoms with Crippen LogP contribution in [0.15, 0.2) is 11.0 Å². The zero-order valence-corrected chi connectivity index (χ0v) is 8.84. The van der Waals surface area contributed by atoms with Crippen LogP contribution in [0, 0.1) is 5.82 Å². The molecule has 2 atom stereocenters. The van der Waals surface area contributed by atoms with Crippen LogP contribution in [-0.4, -0.2) is 32.6 Å². The number of aliphatic hydroxyl groups is 1. The first-order valence-corrected chi connectivity index (χ1v) is 5.10. The maximum Gasteiger partial charge on any atom is 0.351 e. The molecule has 1 fully saturated rings. The van der Waals surface area contributed by atoms with Gasteiger partial charge in [0.2, 0.25) is 0 Å². The second kappa shape index (κ2) is 4.78. The lowest BCUT2D eigenvalue weighted by Crippen LogP contribution is -2.28. The number of aliphatic hydroxyl groups excluding tert-OH is 1. The van der Waals surface area contributed by atoms with Crippen molar-refractivity contribution >= 4 is 5.82 Å². The molecule has 3 N–H and O–H groups in total. The van der Waals surface area contributed by atoms with Gasteiger partial charge in [-0.15, -0.1) is 0 Å². The van der Waals surface area contributed by atoms with Crippen LogP contribution >= 0.6 is 0 Å². The van der Waals surface area contributed by atoms with Crippen LogP contribution in [0.2, 0.25) is 0 Å². The van der Waals surface area contributed by atoms with Crippen LogP contribution in [0.3, 0.4) is 0 Å². The Morgan fingerprint density at radius 3 is 3.00 bits per heavy atom. The lowest BCUT2D eigenvalue weighted by Gasteiger charge is -2.15. The summed E-state index contributed by atoms with van der Waals surface area (Å²) in [5, 5.41) is 17.4. The maximum absolute atomic E-state index is 13.3. The number of nitrogens with zero attached hydrogens (tertiary/aromatic N) is 2. The third-order valence-corrected chi connectivity index (χ3v) is 2.61. The number of anilines is 1. The minimum atomic E-state index is -0.858. The Bertz CT molecular complexity index is 464. The van der Waals surface area contributed by atoms with E-state index < -0.39 is 23.6 Å². The van der Waals surface area contributed by atoms with Gasteiger partial charge in [-0.2, -0.15) is 4.98 Å². The predicted molar refractivity (Wildman–Crippen MR) is 54.1 cm³/mol. The number of nitrogens with one attached hydrogen (secondary N) is 1. The summed E-state index contributed by atoms with van der Waals surface area (Å²) in [6, 6.07) is 0. The zero-order valence-electron chi connectivity index (χ0n) is 8.84. The summed E-state index contributed by atoms with van der Waals surface area (Å²) >= 11 is 0. The van der Waals surface area contributed by atoms with Crippen LogP contribution in [0.4, 0.5) is 10.2 Å². The van der Waals surface area contributed by atoms with Gasteiger partial charge in [0, 0.05) is 0 Å². The minimum absolute atomic E-state index is 0.141. The molecule has 0 bridgehead atoms. The Kier molecular flexibility index (Phi) is 3.36. The number of aromatic nitrogens is 2. The molecular formula is C9H12FN3O4. The van der Waals surface area contributed by atoms with Gasteiger partial charge in [0.05, 0.1) is 18.9 Å². The van der Waals surface area contributed by atoms with Crippen molar-refractivity contribution in [2.45, 2.75) is 25.2 Å². The highest BCUT2D eigenvalue weighted by Gasteiger charge is 2.27. The van der Waals surface area contributed by atoms with Gasteiger partial charge in [-0.1, -0.05) is 0 Å². The molecule has 1 aliphatic rings. The quantitative estimate of drug-likeness (QED) is 0.641. The molecule has 0 radical (unpaired) electrons. The van der Waals surface area contributed by atoms with E-state index in [9.17, 15) is 9.18 Å². The normalized spacial score (nSPS) is 23.9. The topological polar surface area (TPSA) is 96.6 Å². The van der Waals surface area contributed by atoms with E-state index in [1.54, 1.807) is 0 Å². The molecule has 1 aromatic rings. The lowest BCUT2D eigenvalue weighted by molar-refractivity contribution is -0.0249. The molecule has 0 unspecified atom stereocenters. The minimum Gasteiger partial charge on any atom is -0.394 e. The number of hydrogen-bond donors (Lipinski definition) is 3. The van der Waals surface area contributed by atoms with Crippen molar-refractivity contribution in [2.24, 2.45) is 0 Å². The first kappa shape index (κ1) is 12.0. The van der Waals surface area contributed by atoms with E-state index in [1.165, 1.54) is 5.48 Å². The molecule has 1 aliphatic heterocycles. The Morgan fingerprint density at radius 2 is 2.41 bits per heavy atom. The highest BCUT2D eigenvalue weighted by Crippen LogP contribution is 2.27. The summed E-state index contributed by atoms with van der Waals surface area (Å²) in [5.74, 6) is -1.38. The largest absolute Gasteiger partial charge is 0.394 e. The van der Waals surface area contributed by atoms with Gasteiger partial charge in [0.15, 0.2) is 11.6 Å². The second-order valence-electron chi connectivity index (χ2n) is 3.71. The van der Waals surface area contributed by atoms with E-state index in [4.69, 9.17) is 15.1 Å². The number of halogens is 1. The van der Waals surface area contributed by atoms with Crippen LogP contribution in [0.25, 0.3) is 0 Å². The fourth-order valence-electron chi connectivity index (χ4n) is 1.76. The van der Waals surface area contributed by atoms with E-state index >= 15 is 0 Å². The Morgan fingerprint density at radius 1 is 1.65 bits per heavy atom. The summed E-state index contributed by atoms with van der Waals surface area (Å²) in [4.78, 5) is 14.8. The van der Waals surface area contributed by atoms with Crippen molar-refractivity contribution in [3.05, 3.63) is 22.5 Å². The standard InChI is InChI=1S/C9H12FN3O4/c10-6-3-13(9(15)11-8(6)12-16)7-2-1-5(4-14)17-7/h3,5,7,14,16H,1-2,4H2,(H,11,12,15)/t5-,7+/m0/s1. The summed E-state index contributed by atoms with van der Waals surface area (Å²) in [6.07, 6.45) is 1.03. The van der Waals surface area contributed by atoms with E-state index in [0.29, 0.717) is 12.8 Å². The molecule has 1 saturated heterocycles. The molecule has 94 valence electrons. The average Bonchev–Trinajstić information content (AvgIpc) is 2.80. The van der Waals surface area contributed by atoms with E-state index in [2.05, 4.69) is 4.98 Å². The second-order valence-corrected chi connectivity index (χ2v) is 3.71. The molecular weight excluding hydrogens is 233 g/mol.